The molecular weight excluding hydrogens is 357 g/mol. The van der Waals surface area contributed by atoms with Crippen LogP contribution in [0.3, 0.4) is 0 Å². The molecule has 1 heterocycles. The van der Waals surface area contributed by atoms with Crippen molar-refractivity contribution in [2.75, 3.05) is 13.2 Å². The number of rotatable bonds is 7. The zero-order chi connectivity index (χ0) is 17.1. The Kier molecular flexibility index (Phi) is 8.98. The van der Waals surface area contributed by atoms with Crippen LogP contribution in [0.2, 0.25) is 0 Å². The molecule has 0 bridgehead atoms. The lowest BCUT2D eigenvalue weighted by Crippen LogP contribution is -2.02. The van der Waals surface area contributed by atoms with E-state index in [4.69, 9.17) is 25.4 Å². The highest BCUT2D eigenvalue weighted by atomic mass is 32.5. The Morgan fingerprint density at radius 3 is 2.00 bits per heavy atom. The summed E-state index contributed by atoms with van der Waals surface area (Å²) >= 11 is 6.89. The first kappa shape index (κ1) is 19.7. The highest BCUT2D eigenvalue weighted by molar-refractivity contribution is 8.07. The van der Waals surface area contributed by atoms with Crippen LogP contribution >= 0.6 is 18.1 Å². The van der Waals surface area contributed by atoms with Crippen LogP contribution in [-0.2, 0) is 20.9 Å². The Morgan fingerprint density at radius 1 is 1.13 bits per heavy atom. The van der Waals surface area contributed by atoms with Crippen molar-refractivity contribution in [2.45, 2.75) is 13.8 Å². The van der Waals surface area contributed by atoms with Crippen molar-refractivity contribution in [1.29, 1.82) is 0 Å². The number of non-ortho nitro benzene ring substituents is 1. The molecule has 0 aliphatic carbocycles. The summed E-state index contributed by atoms with van der Waals surface area (Å²) in [4.78, 5) is 10.0. The van der Waals surface area contributed by atoms with E-state index in [2.05, 4.69) is 0 Å². The molecule has 0 saturated carbocycles. The van der Waals surface area contributed by atoms with Crippen LogP contribution < -0.4 is 4.52 Å². The zero-order valence-corrected chi connectivity index (χ0v) is 15.3. The average molecular weight is 375 g/mol. The first-order valence-electron chi connectivity index (χ1n) is 6.81. The van der Waals surface area contributed by atoms with Gasteiger partial charge in [0.1, 0.15) is 5.75 Å². The van der Waals surface area contributed by atoms with Crippen LogP contribution in [0, 0.1) is 10.1 Å². The Balaban J connectivity index is 0.000000446. The quantitative estimate of drug-likeness (QED) is 0.384. The summed E-state index contributed by atoms with van der Waals surface area (Å²) in [5.74, 6) is 0.394. The highest BCUT2D eigenvalue weighted by Crippen LogP contribution is 2.49. The molecule has 2 rings (SSSR count). The number of nitrogens with zero attached hydrogens (tertiary/aromatic N) is 1. The summed E-state index contributed by atoms with van der Waals surface area (Å²) < 4.78 is 16.1. The number of nitro groups is 1. The Bertz CT molecular complexity index is 591. The van der Waals surface area contributed by atoms with Crippen molar-refractivity contribution in [3.63, 3.8) is 0 Å². The summed E-state index contributed by atoms with van der Waals surface area (Å²) in [5, 5.41) is 14.6. The third kappa shape index (κ3) is 7.67. The van der Waals surface area contributed by atoms with E-state index in [1.54, 1.807) is 25.2 Å². The predicted molar refractivity (Wildman–Crippen MR) is 95.6 cm³/mol. The van der Waals surface area contributed by atoms with Crippen LogP contribution in [0.1, 0.15) is 13.8 Å². The second-order valence-corrected chi connectivity index (χ2v) is 7.67. The molecule has 0 unspecified atom stereocenters. The third-order valence-corrected chi connectivity index (χ3v) is 5.33. The molecule has 0 aliphatic rings. The summed E-state index contributed by atoms with van der Waals surface area (Å²) in [5.41, 5.74) is -0.0107. The minimum absolute atomic E-state index is 0.0107. The average Bonchev–Trinajstić information content (AvgIpc) is 3.07. The van der Waals surface area contributed by atoms with Gasteiger partial charge in [0.2, 0.25) is 0 Å². The fourth-order valence-electron chi connectivity index (χ4n) is 1.39. The minimum Gasteiger partial charge on any atom is -0.424 e. The standard InChI is InChI=1S/C10H14NO5PS.C4H4S/c1-3-14-17(18,15-4-2)16-10-7-5-9(6-8-10)11(12)13;1-2-4-5-3-1/h5-8H,3-4H2,1-2H3;1-4H. The van der Waals surface area contributed by atoms with Gasteiger partial charge in [0, 0.05) is 23.9 Å². The smallest absolute Gasteiger partial charge is 0.380 e. The summed E-state index contributed by atoms with van der Waals surface area (Å²) in [6.45, 7) is 1.52. The molecule has 126 valence electrons. The van der Waals surface area contributed by atoms with Crippen LogP contribution in [-0.4, -0.2) is 18.1 Å². The maximum absolute atomic E-state index is 10.5. The van der Waals surface area contributed by atoms with E-state index < -0.39 is 11.6 Å². The molecule has 9 heteroatoms. The Hall–Kier alpha value is -1.31. The molecule has 0 fully saturated rings. The molecule has 0 spiro atoms. The normalized spacial score (nSPS) is 10.5. The van der Waals surface area contributed by atoms with Gasteiger partial charge in [0.25, 0.3) is 5.69 Å². The van der Waals surface area contributed by atoms with E-state index in [9.17, 15) is 10.1 Å². The predicted octanol–water partition coefficient (Wildman–Crippen LogP) is 5.02. The molecule has 2 aromatic rings. The molecular formula is C14H18NO5PS2. The van der Waals surface area contributed by atoms with Crippen molar-refractivity contribution in [3.8, 4) is 5.75 Å². The van der Waals surface area contributed by atoms with Gasteiger partial charge in [-0.05, 0) is 36.7 Å². The number of hydrogen-bond acceptors (Lipinski definition) is 7. The molecule has 0 saturated heterocycles. The number of thiophene rings is 1. The lowest BCUT2D eigenvalue weighted by atomic mass is 10.3. The molecule has 0 radical (unpaired) electrons. The first-order valence-corrected chi connectivity index (χ1v) is 10.3. The monoisotopic (exact) mass is 375 g/mol. The SMILES string of the molecule is CCOP(=S)(OCC)Oc1ccc([N+](=O)[O-])cc1.c1ccsc1. The van der Waals surface area contributed by atoms with Crippen LogP contribution in [0.5, 0.6) is 5.75 Å². The van der Waals surface area contributed by atoms with Crippen molar-refractivity contribution < 1.29 is 18.5 Å². The van der Waals surface area contributed by atoms with Gasteiger partial charge < -0.3 is 4.52 Å². The van der Waals surface area contributed by atoms with Crippen molar-refractivity contribution in [1.82, 2.24) is 0 Å². The summed E-state index contributed by atoms with van der Waals surface area (Å²) in [7, 11) is 0. The van der Waals surface area contributed by atoms with Crippen molar-refractivity contribution in [2.24, 2.45) is 0 Å². The van der Waals surface area contributed by atoms with Crippen LogP contribution in [0.4, 0.5) is 5.69 Å². The second-order valence-electron chi connectivity index (χ2n) is 3.92. The number of hydrogen-bond donors (Lipinski definition) is 0. The zero-order valence-electron chi connectivity index (χ0n) is 12.8. The van der Waals surface area contributed by atoms with Gasteiger partial charge in [-0.3, -0.25) is 19.2 Å². The van der Waals surface area contributed by atoms with Gasteiger partial charge in [-0.1, -0.05) is 12.1 Å². The van der Waals surface area contributed by atoms with Gasteiger partial charge in [-0.15, -0.1) is 0 Å². The second kappa shape index (κ2) is 10.5. The molecule has 6 nitrogen and oxygen atoms in total. The van der Waals surface area contributed by atoms with E-state index in [1.165, 1.54) is 24.3 Å². The molecule has 0 amide bonds. The molecule has 0 aliphatic heterocycles. The highest BCUT2D eigenvalue weighted by Gasteiger charge is 2.21. The summed E-state index contributed by atoms with van der Waals surface area (Å²) in [6, 6.07) is 9.66. The molecule has 0 N–H and O–H groups in total. The van der Waals surface area contributed by atoms with Gasteiger partial charge in [-0.25, -0.2) is 0 Å². The number of nitro benzene ring substituents is 1. The van der Waals surface area contributed by atoms with Crippen molar-refractivity contribution >= 4 is 35.5 Å². The van der Waals surface area contributed by atoms with Crippen LogP contribution in [0.25, 0.3) is 0 Å². The van der Waals surface area contributed by atoms with Gasteiger partial charge in [0.15, 0.2) is 0 Å². The topological polar surface area (TPSA) is 70.8 Å². The molecule has 0 atom stereocenters. The Morgan fingerprint density at radius 2 is 1.65 bits per heavy atom. The fraction of sp³-hybridized carbons (Fsp3) is 0.286. The van der Waals surface area contributed by atoms with E-state index in [0.29, 0.717) is 19.0 Å². The maximum atomic E-state index is 10.5. The van der Waals surface area contributed by atoms with E-state index >= 15 is 0 Å². The fourth-order valence-corrected chi connectivity index (χ4v) is 3.93. The first-order chi connectivity index (χ1) is 11.0. The lowest BCUT2D eigenvalue weighted by molar-refractivity contribution is -0.384. The van der Waals surface area contributed by atoms with E-state index in [-0.39, 0.29) is 5.69 Å². The largest absolute Gasteiger partial charge is 0.424 e. The van der Waals surface area contributed by atoms with Gasteiger partial charge >= 0.3 is 6.72 Å². The minimum atomic E-state index is -2.82. The van der Waals surface area contributed by atoms with Crippen LogP contribution in [0.15, 0.2) is 47.2 Å². The van der Waals surface area contributed by atoms with Gasteiger partial charge in [-0.2, -0.15) is 11.3 Å². The molecule has 1 aromatic heterocycles. The summed E-state index contributed by atoms with van der Waals surface area (Å²) in [6.07, 6.45) is 0. The maximum Gasteiger partial charge on any atom is 0.380 e. The van der Waals surface area contributed by atoms with E-state index in [1.807, 2.05) is 22.9 Å². The van der Waals surface area contributed by atoms with Gasteiger partial charge in [0.05, 0.1) is 18.1 Å². The third-order valence-electron chi connectivity index (χ3n) is 2.26. The van der Waals surface area contributed by atoms with Crippen molar-refractivity contribution in [3.05, 3.63) is 57.3 Å². The molecule has 1 aromatic carbocycles. The molecule has 23 heavy (non-hydrogen) atoms. The Labute approximate surface area is 144 Å². The van der Waals surface area contributed by atoms with E-state index in [0.717, 1.165) is 0 Å². The lowest BCUT2D eigenvalue weighted by Gasteiger charge is -2.20. The number of benzene rings is 1.